The van der Waals surface area contributed by atoms with Crippen LogP contribution in [0.4, 0.5) is 8.78 Å². The maximum atomic E-state index is 12.5. The molecule has 1 aliphatic heterocycles. The van der Waals surface area contributed by atoms with Gasteiger partial charge in [-0.1, -0.05) is 0 Å². The first-order valence-corrected chi connectivity index (χ1v) is 4.86. The molecule has 2 heterocycles. The fourth-order valence-corrected chi connectivity index (χ4v) is 1.88. The Kier molecular flexibility index (Phi) is 2.86. The van der Waals surface area contributed by atoms with Gasteiger partial charge in [-0.2, -0.15) is 4.74 Å². The average Bonchev–Trinajstić information content (AvgIpc) is 2.64. The summed E-state index contributed by atoms with van der Waals surface area (Å²) < 4.78 is 31.1. The Bertz CT molecular complexity index is 374. The lowest BCUT2D eigenvalue weighted by Gasteiger charge is -2.29. The molecule has 1 fully saturated rings. The third-order valence-electron chi connectivity index (χ3n) is 2.65. The quantitative estimate of drug-likeness (QED) is 0.805. The third kappa shape index (κ3) is 2.09. The Morgan fingerprint density at radius 1 is 1.60 bits per heavy atom. The number of nitrogens with one attached hydrogen (secondary N) is 1. The highest BCUT2D eigenvalue weighted by Crippen LogP contribution is 2.23. The minimum atomic E-state index is -2.40. The Balaban J connectivity index is 2.11. The lowest BCUT2D eigenvalue weighted by molar-refractivity contribution is 0.0580. The van der Waals surface area contributed by atoms with Gasteiger partial charge in [0.15, 0.2) is 0 Å². The summed E-state index contributed by atoms with van der Waals surface area (Å²) in [5.41, 5.74) is -0.269. The van der Waals surface area contributed by atoms with Gasteiger partial charge in [-0.25, -0.2) is 8.78 Å². The molecule has 15 heavy (non-hydrogen) atoms. The fourth-order valence-electron chi connectivity index (χ4n) is 1.88. The summed E-state index contributed by atoms with van der Waals surface area (Å²) in [6.45, 7) is 0.479. The Labute approximate surface area is 84.8 Å². The molecule has 0 aliphatic carbocycles. The molecular weight excluding hydrogens is 206 g/mol. The van der Waals surface area contributed by atoms with E-state index in [2.05, 4.69) is 5.32 Å². The van der Waals surface area contributed by atoms with Gasteiger partial charge in [-0.15, -0.1) is 0 Å². The van der Waals surface area contributed by atoms with Crippen LogP contribution in [0.3, 0.4) is 0 Å². The van der Waals surface area contributed by atoms with Crippen molar-refractivity contribution in [1.29, 1.82) is 0 Å². The van der Waals surface area contributed by atoms with E-state index < -0.39 is 12.5 Å². The van der Waals surface area contributed by atoms with Crippen LogP contribution in [0.25, 0.3) is 0 Å². The van der Waals surface area contributed by atoms with E-state index in [0.717, 1.165) is 0 Å². The van der Waals surface area contributed by atoms with Crippen molar-refractivity contribution >= 4 is 0 Å². The molecule has 0 spiro atoms. The second kappa shape index (κ2) is 4.14. The summed E-state index contributed by atoms with van der Waals surface area (Å²) in [6.07, 6.45) is -0.262. The number of rotatable bonds is 2. The topological polar surface area (TPSA) is 47.2 Å². The van der Waals surface area contributed by atoms with E-state index >= 15 is 0 Å². The highest BCUT2D eigenvalue weighted by atomic mass is 19.3. The first-order chi connectivity index (χ1) is 7.18. The predicted molar refractivity (Wildman–Crippen MR) is 49.0 cm³/mol. The van der Waals surface area contributed by atoms with E-state index in [1.54, 1.807) is 0 Å². The van der Waals surface area contributed by atoms with E-state index in [1.165, 1.54) is 17.1 Å². The van der Waals surface area contributed by atoms with Crippen LogP contribution in [-0.4, -0.2) is 23.8 Å². The molecule has 0 bridgehead atoms. The van der Waals surface area contributed by atoms with Gasteiger partial charge in [0.25, 0.3) is 12.0 Å². The second-order valence-corrected chi connectivity index (χ2v) is 3.65. The van der Waals surface area contributed by atoms with Crippen LogP contribution >= 0.6 is 0 Å². The number of piperidine rings is 1. The zero-order chi connectivity index (χ0) is 10.8. The summed E-state index contributed by atoms with van der Waals surface area (Å²) >= 11 is 0. The van der Waals surface area contributed by atoms with Crippen LogP contribution in [0.2, 0.25) is 0 Å². The summed E-state index contributed by atoms with van der Waals surface area (Å²) in [4.78, 5) is 11.3. The molecule has 1 N–H and O–H groups in total. The standard InChI is InChI=1S/C9H12F2N2O2/c10-9(11)7-5-6(1-3-12-7)13-8(14)2-4-15-13/h2,4,6-7,9,12H,1,3,5H2/t6-,7-/m0/s1. The summed E-state index contributed by atoms with van der Waals surface area (Å²) in [6, 6.07) is 0.188. The monoisotopic (exact) mass is 218 g/mol. The molecule has 1 aliphatic rings. The van der Waals surface area contributed by atoms with Gasteiger partial charge < -0.3 is 9.84 Å². The van der Waals surface area contributed by atoms with E-state index in [-0.39, 0.29) is 18.0 Å². The van der Waals surface area contributed by atoms with Crippen molar-refractivity contribution in [3.05, 3.63) is 22.7 Å². The molecule has 84 valence electrons. The highest BCUT2D eigenvalue weighted by molar-refractivity contribution is 4.86. The minimum absolute atomic E-state index is 0.227. The average molecular weight is 218 g/mol. The third-order valence-corrected chi connectivity index (χ3v) is 2.65. The zero-order valence-corrected chi connectivity index (χ0v) is 8.03. The Hall–Kier alpha value is -1.17. The van der Waals surface area contributed by atoms with Crippen molar-refractivity contribution in [2.45, 2.75) is 31.4 Å². The number of halogens is 2. The molecule has 1 saturated heterocycles. The maximum absolute atomic E-state index is 12.5. The first kappa shape index (κ1) is 10.4. The van der Waals surface area contributed by atoms with E-state index in [0.29, 0.717) is 13.0 Å². The fraction of sp³-hybridized carbons (Fsp3) is 0.667. The molecule has 1 aromatic heterocycles. The Morgan fingerprint density at radius 2 is 2.40 bits per heavy atom. The zero-order valence-electron chi connectivity index (χ0n) is 8.03. The molecular formula is C9H12F2N2O2. The van der Waals surface area contributed by atoms with Gasteiger partial charge in [0.05, 0.1) is 12.1 Å². The van der Waals surface area contributed by atoms with Crippen molar-refractivity contribution in [3.63, 3.8) is 0 Å². The van der Waals surface area contributed by atoms with Gasteiger partial charge >= 0.3 is 0 Å². The van der Waals surface area contributed by atoms with E-state index in [1.807, 2.05) is 0 Å². The Morgan fingerprint density at radius 3 is 3.00 bits per heavy atom. The minimum Gasteiger partial charge on any atom is -0.384 e. The summed E-state index contributed by atoms with van der Waals surface area (Å²) in [7, 11) is 0. The normalized spacial score (nSPS) is 27.1. The molecule has 0 saturated carbocycles. The van der Waals surface area contributed by atoms with Crippen LogP contribution in [0.1, 0.15) is 18.9 Å². The molecule has 2 atom stereocenters. The van der Waals surface area contributed by atoms with Crippen molar-refractivity contribution in [1.82, 2.24) is 10.1 Å². The van der Waals surface area contributed by atoms with Gasteiger partial charge in [0, 0.05) is 6.07 Å². The molecule has 1 aromatic rings. The van der Waals surface area contributed by atoms with Gasteiger partial charge in [-0.05, 0) is 19.4 Å². The molecule has 2 rings (SSSR count). The number of aromatic nitrogens is 1. The SMILES string of the molecule is O=c1ccon1[C@H]1CCN[C@H](C(F)F)C1. The molecule has 0 amide bonds. The van der Waals surface area contributed by atoms with Crippen LogP contribution in [0.5, 0.6) is 0 Å². The molecule has 0 aromatic carbocycles. The van der Waals surface area contributed by atoms with Gasteiger partial charge in [0.2, 0.25) is 0 Å². The summed E-state index contributed by atoms with van der Waals surface area (Å²) in [5.74, 6) is 0. The van der Waals surface area contributed by atoms with Crippen LogP contribution in [0.15, 0.2) is 21.6 Å². The van der Waals surface area contributed by atoms with E-state index in [9.17, 15) is 13.6 Å². The van der Waals surface area contributed by atoms with Crippen LogP contribution < -0.4 is 10.9 Å². The number of nitrogens with zero attached hydrogens (tertiary/aromatic N) is 1. The molecule has 6 heteroatoms. The predicted octanol–water partition coefficient (Wildman–Crippen LogP) is 0.999. The van der Waals surface area contributed by atoms with Gasteiger partial charge in [-0.3, -0.25) is 4.79 Å². The smallest absolute Gasteiger partial charge is 0.282 e. The number of alkyl halides is 2. The lowest BCUT2D eigenvalue weighted by Crippen LogP contribution is -2.44. The van der Waals surface area contributed by atoms with E-state index in [4.69, 9.17) is 4.52 Å². The summed E-state index contributed by atoms with van der Waals surface area (Å²) in [5, 5.41) is 2.72. The molecule has 4 nitrogen and oxygen atoms in total. The lowest BCUT2D eigenvalue weighted by atomic mass is 10.00. The van der Waals surface area contributed by atoms with Crippen molar-refractivity contribution in [2.24, 2.45) is 0 Å². The number of hydrogen-bond acceptors (Lipinski definition) is 3. The van der Waals surface area contributed by atoms with Gasteiger partial charge in [0.1, 0.15) is 6.26 Å². The van der Waals surface area contributed by atoms with Crippen molar-refractivity contribution in [3.8, 4) is 0 Å². The molecule has 0 radical (unpaired) electrons. The first-order valence-electron chi connectivity index (χ1n) is 4.86. The maximum Gasteiger partial charge on any atom is 0.282 e. The number of hydrogen-bond donors (Lipinski definition) is 1. The largest absolute Gasteiger partial charge is 0.384 e. The van der Waals surface area contributed by atoms with Crippen LogP contribution in [0, 0.1) is 0 Å². The highest BCUT2D eigenvalue weighted by Gasteiger charge is 2.30. The van der Waals surface area contributed by atoms with Crippen LogP contribution in [-0.2, 0) is 0 Å². The molecule has 0 unspecified atom stereocenters. The van der Waals surface area contributed by atoms with Crippen molar-refractivity contribution < 1.29 is 13.3 Å². The van der Waals surface area contributed by atoms with Crippen molar-refractivity contribution in [2.75, 3.05) is 6.54 Å². The second-order valence-electron chi connectivity index (χ2n) is 3.65.